The van der Waals surface area contributed by atoms with Crippen molar-refractivity contribution < 1.29 is 4.39 Å². The average Bonchev–Trinajstić information content (AvgIpc) is 2.29. The second kappa shape index (κ2) is 9.43. The van der Waals surface area contributed by atoms with Gasteiger partial charge in [0.2, 0.25) is 0 Å². The fourth-order valence-electron chi connectivity index (χ4n) is 1.70. The molecule has 0 aliphatic rings. The quantitative estimate of drug-likeness (QED) is 0.720. The highest BCUT2D eigenvalue weighted by atomic mass is 35.5. The molecule has 98 valence electrons. The fourth-order valence-corrected chi connectivity index (χ4v) is 1.70. The Kier molecular flexibility index (Phi) is 9.10. The van der Waals surface area contributed by atoms with E-state index in [-0.39, 0.29) is 18.2 Å². The Labute approximate surface area is 110 Å². The van der Waals surface area contributed by atoms with Crippen molar-refractivity contribution >= 4 is 12.4 Å². The van der Waals surface area contributed by atoms with E-state index in [1.807, 2.05) is 12.1 Å². The summed E-state index contributed by atoms with van der Waals surface area (Å²) in [4.78, 5) is 0. The van der Waals surface area contributed by atoms with E-state index in [1.165, 1.54) is 37.8 Å². The number of nitrogens with one attached hydrogen (secondary N) is 1. The summed E-state index contributed by atoms with van der Waals surface area (Å²) in [6.45, 7) is 5.25. The molecule has 1 rings (SSSR count). The number of benzene rings is 1. The van der Waals surface area contributed by atoms with Crippen molar-refractivity contribution in [2.24, 2.45) is 0 Å². The minimum Gasteiger partial charge on any atom is -0.310 e. The second-order valence-corrected chi connectivity index (χ2v) is 4.40. The largest absolute Gasteiger partial charge is 0.310 e. The lowest BCUT2D eigenvalue weighted by atomic mass is 10.1. The van der Waals surface area contributed by atoms with E-state index < -0.39 is 0 Å². The van der Waals surface area contributed by atoms with Crippen molar-refractivity contribution in [2.75, 3.05) is 0 Å². The molecule has 1 atom stereocenters. The molecular formula is C14H23ClFN. The minimum absolute atomic E-state index is 0. The molecule has 0 saturated heterocycles. The highest BCUT2D eigenvalue weighted by Crippen LogP contribution is 2.05. The molecule has 0 fully saturated rings. The molecule has 1 unspecified atom stereocenters. The van der Waals surface area contributed by atoms with Gasteiger partial charge in [-0.15, -0.1) is 12.4 Å². The molecule has 17 heavy (non-hydrogen) atoms. The molecule has 0 amide bonds. The molecule has 1 nitrogen and oxygen atoms in total. The summed E-state index contributed by atoms with van der Waals surface area (Å²) in [6.07, 6.45) is 5.08. The first kappa shape index (κ1) is 16.4. The lowest BCUT2D eigenvalue weighted by Crippen LogP contribution is -2.25. The van der Waals surface area contributed by atoms with Gasteiger partial charge in [0, 0.05) is 12.6 Å². The first-order valence-corrected chi connectivity index (χ1v) is 6.20. The fraction of sp³-hybridized carbons (Fsp3) is 0.571. The Morgan fingerprint density at radius 2 is 1.82 bits per heavy atom. The monoisotopic (exact) mass is 259 g/mol. The Bertz CT molecular complexity index is 287. The summed E-state index contributed by atoms with van der Waals surface area (Å²) in [7, 11) is 0. The lowest BCUT2D eigenvalue weighted by molar-refractivity contribution is 0.487. The number of rotatable bonds is 7. The highest BCUT2D eigenvalue weighted by molar-refractivity contribution is 5.85. The maximum atomic E-state index is 12.7. The van der Waals surface area contributed by atoms with Gasteiger partial charge in [-0.3, -0.25) is 0 Å². The van der Waals surface area contributed by atoms with E-state index >= 15 is 0 Å². The van der Waals surface area contributed by atoms with Crippen LogP contribution in [0.3, 0.4) is 0 Å². The summed E-state index contributed by atoms with van der Waals surface area (Å²) in [6, 6.07) is 7.23. The Hall–Kier alpha value is -0.600. The summed E-state index contributed by atoms with van der Waals surface area (Å²) in [5.41, 5.74) is 1.14. The van der Waals surface area contributed by atoms with Crippen LogP contribution in [0.1, 0.15) is 45.1 Å². The van der Waals surface area contributed by atoms with Crippen LogP contribution >= 0.6 is 12.4 Å². The molecule has 0 spiro atoms. The number of hydrogen-bond donors (Lipinski definition) is 1. The van der Waals surface area contributed by atoms with Crippen LogP contribution in [-0.2, 0) is 6.54 Å². The van der Waals surface area contributed by atoms with Gasteiger partial charge in [0.15, 0.2) is 0 Å². The molecule has 0 radical (unpaired) electrons. The zero-order valence-electron chi connectivity index (χ0n) is 10.7. The molecule has 0 aromatic heterocycles. The van der Waals surface area contributed by atoms with Gasteiger partial charge >= 0.3 is 0 Å². The SMILES string of the molecule is CCCCCC(C)NCc1ccc(F)cc1.Cl. The molecule has 1 aromatic rings. The molecule has 3 heteroatoms. The summed E-state index contributed by atoms with van der Waals surface area (Å²) < 4.78 is 12.7. The zero-order valence-corrected chi connectivity index (χ0v) is 11.5. The van der Waals surface area contributed by atoms with Crippen molar-refractivity contribution in [3.8, 4) is 0 Å². The predicted octanol–water partition coefficient (Wildman–Crippen LogP) is 4.31. The van der Waals surface area contributed by atoms with Gasteiger partial charge in [0.1, 0.15) is 5.82 Å². The van der Waals surface area contributed by atoms with Crippen LogP contribution in [0.15, 0.2) is 24.3 Å². The van der Waals surface area contributed by atoms with E-state index in [1.54, 1.807) is 0 Å². The van der Waals surface area contributed by atoms with Gasteiger partial charge in [-0.1, -0.05) is 38.3 Å². The third kappa shape index (κ3) is 7.35. The van der Waals surface area contributed by atoms with E-state index in [9.17, 15) is 4.39 Å². The van der Waals surface area contributed by atoms with Crippen LogP contribution in [0.2, 0.25) is 0 Å². The predicted molar refractivity (Wildman–Crippen MR) is 74.1 cm³/mol. The van der Waals surface area contributed by atoms with Gasteiger partial charge in [0.25, 0.3) is 0 Å². The Balaban J connectivity index is 0.00000256. The second-order valence-electron chi connectivity index (χ2n) is 4.40. The van der Waals surface area contributed by atoms with E-state index in [0.717, 1.165) is 12.1 Å². The average molecular weight is 260 g/mol. The van der Waals surface area contributed by atoms with Crippen molar-refractivity contribution in [2.45, 2.75) is 52.1 Å². The molecule has 0 aliphatic carbocycles. The summed E-state index contributed by atoms with van der Waals surface area (Å²) >= 11 is 0. The van der Waals surface area contributed by atoms with Crippen molar-refractivity contribution in [1.29, 1.82) is 0 Å². The maximum absolute atomic E-state index is 12.7. The molecule has 1 N–H and O–H groups in total. The van der Waals surface area contributed by atoms with Crippen LogP contribution < -0.4 is 5.32 Å². The standard InChI is InChI=1S/C14H22FN.ClH/c1-3-4-5-6-12(2)16-11-13-7-9-14(15)10-8-13;/h7-10,12,16H,3-6,11H2,1-2H3;1H. The molecule has 0 bridgehead atoms. The number of unbranched alkanes of at least 4 members (excludes halogenated alkanes) is 2. The normalized spacial score (nSPS) is 11.9. The Morgan fingerprint density at radius 3 is 2.41 bits per heavy atom. The first-order valence-electron chi connectivity index (χ1n) is 6.20. The Morgan fingerprint density at radius 1 is 1.18 bits per heavy atom. The van der Waals surface area contributed by atoms with Gasteiger partial charge in [0.05, 0.1) is 0 Å². The van der Waals surface area contributed by atoms with Crippen molar-refractivity contribution in [3.05, 3.63) is 35.6 Å². The molecule has 1 aromatic carbocycles. The summed E-state index contributed by atoms with van der Waals surface area (Å²) in [5.74, 6) is -0.167. The van der Waals surface area contributed by atoms with Crippen LogP contribution in [0.25, 0.3) is 0 Å². The highest BCUT2D eigenvalue weighted by Gasteiger charge is 2.01. The van der Waals surface area contributed by atoms with Gasteiger partial charge < -0.3 is 5.32 Å². The van der Waals surface area contributed by atoms with Gasteiger partial charge in [-0.05, 0) is 31.0 Å². The summed E-state index contributed by atoms with van der Waals surface area (Å²) in [5, 5.41) is 3.45. The molecular weight excluding hydrogens is 237 g/mol. The van der Waals surface area contributed by atoms with Crippen LogP contribution in [0.5, 0.6) is 0 Å². The third-order valence-electron chi connectivity index (χ3n) is 2.81. The van der Waals surface area contributed by atoms with E-state index in [0.29, 0.717) is 6.04 Å². The van der Waals surface area contributed by atoms with Gasteiger partial charge in [-0.2, -0.15) is 0 Å². The topological polar surface area (TPSA) is 12.0 Å². The minimum atomic E-state index is -0.167. The number of halogens is 2. The van der Waals surface area contributed by atoms with Crippen molar-refractivity contribution in [3.63, 3.8) is 0 Å². The van der Waals surface area contributed by atoms with Crippen LogP contribution in [0, 0.1) is 5.82 Å². The van der Waals surface area contributed by atoms with E-state index in [4.69, 9.17) is 0 Å². The van der Waals surface area contributed by atoms with E-state index in [2.05, 4.69) is 19.2 Å². The zero-order chi connectivity index (χ0) is 11.8. The molecule has 0 aliphatic heterocycles. The van der Waals surface area contributed by atoms with Crippen LogP contribution in [0.4, 0.5) is 4.39 Å². The van der Waals surface area contributed by atoms with Gasteiger partial charge in [-0.25, -0.2) is 4.39 Å². The third-order valence-corrected chi connectivity index (χ3v) is 2.81. The number of hydrogen-bond acceptors (Lipinski definition) is 1. The maximum Gasteiger partial charge on any atom is 0.123 e. The smallest absolute Gasteiger partial charge is 0.123 e. The molecule has 0 saturated carbocycles. The lowest BCUT2D eigenvalue weighted by Gasteiger charge is -2.13. The van der Waals surface area contributed by atoms with Crippen LogP contribution in [-0.4, -0.2) is 6.04 Å². The molecule has 0 heterocycles. The van der Waals surface area contributed by atoms with Crippen molar-refractivity contribution in [1.82, 2.24) is 5.32 Å². The first-order chi connectivity index (χ1) is 7.72.